The summed E-state index contributed by atoms with van der Waals surface area (Å²) >= 11 is 0. The minimum absolute atomic E-state index is 0.247. The molecule has 2 N–H and O–H groups in total. The van der Waals surface area contributed by atoms with Crippen molar-refractivity contribution in [1.29, 1.82) is 0 Å². The molecule has 0 spiro atoms. The standard InChI is InChI=1S/C16H20N4O2/c1-11-8-12(2)10-13(9-11)19-16-18-5-4-14(20-16)15(21)17-6-7-22-3/h4-5,8-10H,6-7H2,1-3H3,(H,17,21)(H,18,19,20). The molecular formula is C16H20N4O2. The Balaban J connectivity index is 2.09. The van der Waals surface area contributed by atoms with E-state index in [2.05, 4.69) is 26.7 Å². The maximum Gasteiger partial charge on any atom is 0.270 e. The van der Waals surface area contributed by atoms with E-state index in [-0.39, 0.29) is 5.91 Å². The van der Waals surface area contributed by atoms with Crippen LogP contribution in [0.15, 0.2) is 30.5 Å². The second-order valence-electron chi connectivity index (χ2n) is 5.02. The maximum absolute atomic E-state index is 11.9. The molecule has 2 aromatic rings. The van der Waals surface area contributed by atoms with Crippen molar-refractivity contribution in [1.82, 2.24) is 15.3 Å². The van der Waals surface area contributed by atoms with Gasteiger partial charge in [-0.3, -0.25) is 4.79 Å². The number of aromatic nitrogens is 2. The largest absolute Gasteiger partial charge is 0.383 e. The van der Waals surface area contributed by atoms with Crippen LogP contribution >= 0.6 is 0 Å². The van der Waals surface area contributed by atoms with Crippen molar-refractivity contribution in [2.24, 2.45) is 0 Å². The lowest BCUT2D eigenvalue weighted by Gasteiger charge is -2.08. The molecule has 0 aliphatic rings. The van der Waals surface area contributed by atoms with Crippen LogP contribution in [0.25, 0.3) is 0 Å². The highest BCUT2D eigenvalue weighted by Gasteiger charge is 2.08. The molecule has 1 amide bonds. The lowest BCUT2D eigenvalue weighted by molar-refractivity contribution is 0.0932. The lowest BCUT2D eigenvalue weighted by Crippen LogP contribution is -2.27. The summed E-state index contributed by atoms with van der Waals surface area (Å²) in [6, 6.07) is 7.67. The quantitative estimate of drug-likeness (QED) is 0.800. The average molecular weight is 300 g/mol. The SMILES string of the molecule is COCCNC(=O)c1ccnc(Nc2cc(C)cc(C)c2)n1. The first-order valence-electron chi connectivity index (χ1n) is 7.04. The fraction of sp³-hybridized carbons (Fsp3) is 0.312. The Hall–Kier alpha value is -2.47. The molecule has 0 radical (unpaired) electrons. The van der Waals surface area contributed by atoms with Gasteiger partial charge < -0.3 is 15.4 Å². The van der Waals surface area contributed by atoms with Crippen LogP contribution in [0.5, 0.6) is 0 Å². The number of nitrogens with one attached hydrogen (secondary N) is 2. The molecule has 6 heteroatoms. The molecular weight excluding hydrogens is 280 g/mol. The van der Waals surface area contributed by atoms with Crippen molar-refractivity contribution < 1.29 is 9.53 Å². The van der Waals surface area contributed by atoms with Gasteiger partial charge in [0.15, 0.2) is 0 Å². The topological polar surface area (TPSA) is 76.1 Å². The van der Waals surface area contributed by atoms with E-state index in [4.69, 9.17) is 4.74 Å². The molecule has 0 atom stereocenters. The molecule has 22 heavy (non-hydrogen) atoms. The number of anilines is 2. The van der Waals surface area contributed by atoms with Gasteiger partial charge >= 0.3 is 0 Å². The second-order valence-corrected chi connectivity index (χ2v) is 5.02. The fourth-order valence-electron chi connectivity index (χ4n) is 2.08. The molecule has 1 heterocycles. The number of ether oxygens (including phenoxy) is 1. The Morgan fingerprint density at radius 1 is 1.23 bits per heavy atom. The number of hydrogen-bond acceptors (Lipinski definition) is 5. The van der Waals surface area contributed by atoms with Crippen LogP contribution in [0.2, 0.25) is 0 Å². The van der Waals surface area contributed by atoms with Crippen molar-refractivity contribution in [3.05, 3.63) is 47.3 Å². The van der Waals surface area contributed by atoms with E-state index in [9.17, 15) is 4.79 Å². The predicted molar refractivity (Wildman–Crippen MR) is 85.4 cm³/mol. The smallest absolute Gasteiger partial charge is 0.270 e. The number of methoxy groups -OCH3 is 1. The number of nitrogens with zero attached hydrogens (tertiary/aromatic N) is 2. The van der Waals surface area contributed by atoms with Crippen LogP contribution < -0.4 is 10.6 Å². The van der Waals surface area contributed by atoms with Crippen LogP contribution in [-0.2, 0) is 4.74 Å². The van der Waals surface area contributed by atoms with Crippen LogP contribution in [-0.4, -0.2) is 36.1 Å². The molecule has 0 saturated carbocycles. The molecule has 2 rings (SSSR count). The third-order valence-corrected chi connectivity index (χ3v) is 2.96. The number of rotatable bonds is 6. The van der Waals surface area contributed by atoms with Gasteiger partial charge in [0.25, 0.3) is 5.91 Å². The zero-order valence-corrected chi connectivity index (χ0v) is 13.0. The predicted octanol–water partition coefficient (Wildman–Crippen LogP) is 2.21. The first-order chi connectivity index (χ1) is 10.6. The van der Waals surface area contributed by atoms with Gasteiger partial charge in [-0.15, -0.1) is 0 Å². The summed E-state index contributed by atoms with van der Waals surface area (Å²) in [4.78, 5) is 20.3. The summed E-state index contributed by atoms with van der Waals surface area (Å²) in [5, 5.41) is 5.85. The Morgan fingerprint density at radius 3 is 2.64 bits per heavy atom. The third-order valence-electron chi connectivity index (χ3n) is 2.96. The molecule has 1 aromatic heterocycles. The second kappa shape index (κ2) is 7.51. The number of hydrogen-bond donors (Lipinski definition) is 2. The Kier molecular flexibility index (Phi) is 5.43. The summed E-state index contributed by atoms with van der Waals surface area (Å²) in [5.74, 6) is 0.146. The molecule has 0 bridgehead atoms. The van der Waals surface area contributed by atoms with Gasteiger partial charge in [0.05, 0.1) is 6.61 Å². The number of aryl methyl sites for hydroxylation is 2. The lowest BCUT2D eigenvalue weighted by atomic mass is 10.1. The van der Waals surface area contributed by atoms with E-state index in [1.165, 1.54) is 0 Å². The summed E-state index contributed by atoms with van der Waals surface area (Å²) < 4.78 is 4.89. The number of carbonyl (C=O) groups is 1. The van der Waals surface area contributed by atoms with Crippen molar-refractivity contribution in [3.8, 4) is 0 Å². The highest BCUT2D eigenvalue weighted by Crippen LogP contribution is 2.17. The highest BCUT2D eigenvalue weighted by atomic mass is 16.5. The zero-order valence-electron chi connectivity index (χ0n) is 13.0. The van der Waals surface area contributed by atoms with Gasteiger partial charge in [0, 0.05) is 25.5 Å². The summed E-state index contributed by atoms with van der Waals surface area (Å²) in [6.45, 7) is 4.96. The van der Waals surface area contributed by atoms with E-state index in [0.29, 0.717) is 24.8 Å². The molecule has 0 unspecified atom stereocenters. The normalized spacial score (nSPS) is 10.3. The average Bonchev–Trinajstić information content (AvgIpc) is 2.46. The number of amides is 1. The molecule has 0 aliphatic heterocycles. The van der Waals surface area contributed by atoms with Gasteiger partial charge in [-0.1, -0.05) is 6.07 Å². The zero-order chi connectivity index (χ0) is 15.9. The fourth-order valence-corrected chi connectivity index (χ4v) is 2.08. The van der Waals surface area contributed by atoms with Crippen LogP contribution in [0.1, 0.15) is 21.6 Å². The molecule has 0 fully saturated rings. The van der Waals surface area contributed by atoms with Crippen LogP contribution in [0.3, 0.4) is 0 Å². The first kappa shape index (κ1) is 15.9. The van der Waals surface area contributed by atoms with E-state index in [1.807, 2.05) is 26.0 Å². The summed E-state index contributed by atoms with van der Waals surface area (Å²) in [6.07, 6.45) is 1.56. The van der Waals surface area contributed by atoms with E-state index < -0.39 is 0 Å². The first-order valence-corrected chi connectivity index (χ1v) is 7.04. The van der Waals surface area contributed by atoms with Gasteiger partial charge in [-0.05, 0) is 43.2 Å². The minimum Gasteiger partial charge on any atom is -0.383 e. The summed E-state index contributed by atoms with van der Waals surface area (Å²) in [5.41, 5.74) is 3.51. The summed E-state index contributed by atoms with van der Waals surface area (Å²) in [7, 11) is 1.59. The monoisotopic (exact) mass is 300 g/mol. The maximum atomic E-state index is 11.9. The van der Waals surface area contributed by atoms with Gasteiger partial charge in [-0.2, -0.15) is 0 Å². The van der Waals surface area contributed by atoms with Gasteiger partial charge in [0.1, 0.15) is 5.69 Å². The number of carbonyl (C=O) groups excluding carboxylic acids is 1. The number of benzene rings is 1. The highest BCUT2D eigenvalue weighted by molar-refractivity contribution is 5.92. The van der Waals surface area contributed by atoms with Gasteiger partial charge in [0.2, 0.25) is 5.95 Å². The van der Waals surface area contributed by atoms with E-state index in [0.717, 1.165) is 16.8 Å². The molecule has 0 saturated heterocycles. The van der Waals surface area contributed by atoms with Crippen molar-refractivity contribution in [3.63, 3.8) is 0 Å². The molecule has 116 valence electrons. The van der Waals surface area contributed by atoms with E-state index >= 15 is 0 Å². The molecule has 6 nitrogen and oxygen atoms in total. The molecule has 0 aliphatic carbocycles. The Bertz CT molecular complexity index is 638. The third kappa shape index (κ3) is 4.53. The van der Waals surface area contributed by atoms with E-state index in [1.54, 1.807) is 19.4 Å². The van der Waals surface area contributed by atoms with Gasteiger partial charge in [-0.25, -0.2) is 9.97 Å². The van der Waals surface area contributed by atoms with Crippen LogP contribution in [0, 0.1) is 13.8 Å². The Labute approximate surface area is 129 Å². The molecule has 1 aromatic carbocycles. The van der Waals surface area contributed by atoms with Crippen LogP contribution in [0.4, 0.5) is 11.6 Å². The van der Waals surface area contributed by atoms with Crippen molar-refractivity contribution in [2.75, 3.05) is 25.6 Å². The Morgan fingerprint density at radius 2 is 1.95 bits per heavy atom. The van der Waals surface area contributed by atoms with Crippen molar-refractivity contribution in [2.45, 2.75) is 13.8 Å². The minimum atomic E-state index is -0.247. The van der Waals surface area contributed by atoms with Crippen molar-refractivity contribution >= 4 is 17.5 Å².